The summed E-state index contributed by atoms with van der Waals surface area (Å²) >= 11 is 1.30. The van der Waals surface area contributed by atoms with Gasteiger partial charge < -0.3 is 4.57 Å². The van der Waals surface area contributed by atoms with E-state index in [4.69, 9.17) is 0 Å². The summed E-state index contributed by atoms with van der Waals surface area (Å²) in [5.41, 5.74) is 3.44. The number of aromatic nitrogens is 5. The molecule has 1 fully saturated rings. The molecule has 1 atom stereocenters. The van der Waals surface area contributed by atoms with Crippen LogP contribution in [0, 0.1) is 13.8 Å². The number of ketones is 1. The Balaban J connectivity index is 1.46. The second-order valence-corrected chi connectivity index (χ2v) is 10.7. The van der Waals surface area contributed by atoms with E-state index in [0.29, 0.717) is 23.7 Å². The zero-order valence-electron chi connectivity index (χ0n) is 16.9. The van der Waals surface area contributed by atoms with Gasteiger partial charge in [-0.25, -0.2) is 13.1 Å². The molecular weight excluding hydrogens is 422 g/mol. The Kier molecular flexibility index (Phi) is 5.79. The minimum absolute atomic E-state index is 0.0190. The fourth-order valence-corrected chi connectivity index (χ4v) is 6.42. The first-order valence-electron chi connectivity index (χ1n) is 9.69. The van der Waals surface area contributed by atoms with Crippen LogP contribution in [0.3, 0.4) is 0 Å². The summed E-state index contributed by atoms with van der Waals surface area (Å²) in [6, 6.07) is 11.6. The molecule has 2 aromatic heterocycles. The van der Waals surface area contributed by atoms with Gasteiger partial charge >= 0.3 is 0 Å². The highest BCUT2D eigenvalue weighted by Gasteiger charge is 2.31. The van der Waals surface area contributed by atoms with E-state index in [9.17, 15) is 13.2 Å². The highest BCUT2D eigenvalue weighted by atomic mass is 32.2. The first kappa shape index (κ1) is 20.8. The Bertz CT molecular complexity index is 1170. The van der Waals surface area contributed by atoms with Crippen molar-refractivity contribution in [3.8, 4) is 0 Å². The van der Waals surface area contributed by atoms with Gasteiger partial charge in [0.05, 0.1) is 23.8 Å². The average molecular weight is 446 g/mol. The molecule has 1 saturated heterocycles. The number of sulfone groups is 1. The number of hydrogen-bond donors (Lipinski definition) is 0. The molecule has 8 nitrogen and oxygen atoms in total. The predicted molar refractivity (Wildman–Crippen MR) is 115 cm³/mol. The number of thioether (sulfide) groups is 1. The standard InChI is InChI=1S/C20H23N5O3S2/c1-14-10-18(15(2)25(14)17-8-9-30(27,28)13-17)19(26)12-29-20-21-22-23-24(20)11-16-6-4-3-5-7-16/h3-7,10,17H,8-9,11-13H2,1-2H3. The van der Waals surface area contributed by atoms with E-state index in [2.05, 4.69) is 15.5 Å². The van der Waals surface area contributed by atoms with Crippen LogP contribution in [0.2, 0.25) is 0 Å². The molecule has 3 aromatic rings. The van der Waals surface area contributed by atoms with Gasteiger partial charge in [0.25, 0.3) is 0 Å². The van der Waals surface area contributed by atoms with Gasteiger partial charge in [0, 0.05) is 23.0 Å². The highest BCUT2D eigenvalue weighted by Crippen LogP contribution is 2.30. The molecule has 3 heterocycles. The second kappa shape index (κ2) is 8.35. The molecule has 1 unspecified atom stereocenters. The van der Waals surface area contributed by atoms with Gasteiger partial charge in [-0.15, -0.1) is 5.10 Å². The predicted octanol–water partition coefficient (Wildman–Crippen LogP) is 2.47. The van der Waals surface area contributed by atoms with Gasteiger partial charge in [-0.3, -0.25) is 4.79 Å². The van der Waals surface area contributed by atoms with Crippen molar-refractivity contribution < 1.29 is 13.2 Å². The number of benzene rings is 1. The summed E-state index contributed by atoms with van der Waals surface area (Å²) in [6.45, 7) is 4.34. The zero-order valence-corrected chi connectivity index (χ0v) is 18.5. The van der Waals surface area contributed by atoms with Crippen molar-refractivity contribution in [1.29, 1.82) is 0 Å². The maximum atomic E-state index is 12.9. The van der Waals surface area contributed by atoms with Gasteiger partial charge in [0.1, 0.15) is 0 Å². The summed E-state index contributed by atoms with van der Waals surface area (Å²) in [5, 5.41) is 12.4. The lowest BCUT2D eigenvalue weighted by Gasteiger charge is -2.16. The van der Waals surface area contributed by atoms with Crippen LogP contribution >= 0.6 is 11.8 Å². The summed E-state index contributed by atoms with van der Waals surface area (Å²) in [4.78, 5) is 12.9. The number of carbonyl (C=O) groups excluding carboxylic acids is 1. The maximum Gasteiger partial charge on any atom is 0.210 e. The summed E-state index contributed by atoms with van der Waals surface area (Å²) < 4.78 is 27.4. The zero-order chi connectivity index (χ0) is 21.3. The number of carbonyl (C=O) groups is 1. The normalized spacial score (nSPS) is 18.0. The minimum atomic E-state index is -2.99. The molecule has 1 aliphatic heterocycles. The number of hydrogen-bond acceptors (Lipinski definition) is 7. The largest absolute Gasteiger partial charge is 0.344 e. The Morgan fingerprint density at radius 2 is 2.00 bits per heavy atom. The van der Waals surface area contributed by atoms with Crippen molar-refractivity contribution in [1.82, 2.24) is 24.8 Å². The first-order valence-corrected chi connectivity index (χ1v) is 12.5. The van der Waals surface area contributed by atoms with Crippen LogP contribution in [-0.4, -0.2) is 56.2 Å². The molecule has 4 rings (SSSR count). The number of nitrogens with zero attached hydrogens (tertiary/aromatic N) is 5. The number of Topliss-reactive ketones (excluding diaryl/α,β-unsaturated/α-hetero) is 1. The summed E-state index contributed by atoms with van der Waals surface area (Å²) in [5.74, 6) is 0.537. The van der Waals surface area contributed by atoms with Gasteiger partial charge in [0.2, 0.25) is 5.16 Å². The lowest BCUT2D eigenvalue weighted by molar-refractivity contribution is 0.102. The Morgan fingerprint density at radius 3 is 2.70 bits per heavy atom. The molecule has 0 radical (unpaired) electrons. The van der Waals surface area contributed by atoms with E-state index in [1.165, 1.54) is 11.8 Å². The van der Waals surface area contributed by atoms with Crippen LogP contribution in [0.15, 0.2) is 41.6 Å². The lowest BCUT2D eigenvalue weighted by Crippen LogP contribution is -2.14. The minimum Gasteiger partial charge on any atom is -0.344 e. The van der Waals surface area contributed by atoms with Crippen LogP contribution in [-0.2, 0) is 16.4 Å². The molecule has 30 heavy (non-hydrogen) atoms. The van der Waals surface area contributed by atoms with E-state index in [0.717, 1.165) is 17.0 Å². The van der Waals surface area contributed by atoms with Crippen molar-refractivity contribution in [3.05, 3.63) is 58.9 Å². The van der Waals surface area contributed by atoms with E-state index >= 15 is 0 Å². The summed E-state index contributed by atoms with van der Waals surface area (Å²) in [6.07, 6.45) is 0.593. The lowest BCUT2D eigenvalue weighted by atomic mass is 10.2. The second-order valence-electron chi connectivity index (χ2n) is 7.53. The van der Waals surface area contributed by atoms with Crippen molar-refractivity contribution in [2.24, 2.45) is 0 Å². The van der Waals surface area contributed by atoms with Crippen LogP contribution < -0.4 is 0 Å². The van der Waals surface area contributed by atoms with Crippen molar-refractivity contribution in [3.63, 3.8) is 0 Å². The Hall–Kier alpha value is -2.46. The van der Waals surface area contributed by atoms with Crippen molar-refractivity contribution in [2.45, 2.75) is 38.0 Å². The number of aryl methyl sites for hydroxylation is 1. The third kappa shape index (κ3) is 4.34. The van der Waals surface area contributed by atoms with Gasteiger partial charge in [-0.05, 0) is 42.3 Å². The smallest absolute Gasteiger partial charge is 0.210 e. The monoisotopic (exact) mass is 445 g/mol. The van der Waals surface area contributed by atoms with Crippen molar-refractivity contribution >= 4 is 27.4 Å². The topological polar surface area (TPSA) is 99.7 Å². The fraction of sp³-hybridized carbons (Fsp3) is 0.400. The van der Waals surface area contributed by atoms with Crippen molar-refractivity contribution in [2.75, 3.05) is 17.3 Å². The highest BCUT2D eigenvalue weighted by molar-refractivity contribution is 7.99. The molecule has 1 aromatic carbocycles. The van der Waals surface area contributed by atoms with Crippen LogP contribution in [0.5, 0.6) is 0 Å². The molecule has 0 spiro atoms. The molecule has 0 amide bonds. The third-order valence-electron chi connectivity index (χ3n) is 5.36. The molecule has 0 aliphatic carbocycles. The maximum absolute atomic E-state index is 12.9. The molecule has 0 saturated carbocycles. The average Bonchev–Trinajstić information content (AvgIpc) is 3.38. The van der Waals surface area contributed by atoms with Crippen LogP contribution in [0.4, 0.5) is 0 Å². The van der Waals surface area contributed by atoms with Crippen LogP contribution in [0.25, 0.3) is 0 Å². The fourth-order valence-electron chi connectivity index (χ4n) is 3.96. The van der Waals surface area contributed by atoms with E-state index in [-0.39, 0.29) is 29.1 Å². The van der Waals surface area contributed by atoms with E-state index in [1.807, 2.05) is 54.8 Å². The van der Waals surface area contributed by atoms with Gasteiger partial charge in [0.15, 0.2) is 15.6 Å². The number of rotatable bonds is 7. The SMILES string of the molecule is Cc1cc(C(=O)CSc2nnnn2Cc2ccccc2)c(C)n1C1CCS(=O)(=O)C1. The van der Waals surface area contributed by atoms with Gasteiger partial charge in [-0.2, -0.15) is 0 Å². The molecule has 0 bridgehead atoms. The van der Waals surface area contributed by atoms with E-state index in [1.54, 1.807) is 4.68 Å². The first-order chi connectivity index (χ1) is 14.3. The third-order valence-corrected chi connectivity index (χ3v) is 8.07. The Morgan fingerprint density at radius 1 is 1.23 bits per heavy atom. The Labute approximate surface area is 179 Å². The molecule has 10 heteroatoms. The van der Waals surface area contributed by atoms with E-state index < -0.39 is 9.84 Å². The molecular formula is C20H23N5O3S2. The van der Waals surface area contributed by atoms with Gasteiger partial charge in [-0.1, -0.05) is 42.1 Å². The molecule has 158 valence electrons. The molecule has 1 aliphatic rings. The quantitative estimate of drug-likeness (QED) is 0.407. The number of tetrazole rings is 1. The summed E-state index contributed by atoms with van der Waals surface area (Å²) in [7, 11) is -2.99. The van der Waals surface area contributed by atoms with Crippen LogP contribution in [0.1, 0.15) is 39.8 Å². The molecule has 0 N–H and O–H groups in total.